The highest BCUT2D eigenvalue weighted by Crippen LogP contribution is 2.37. The van der Waals surface area contributed by atoms with Crippen LogP contribution in [0.3, 0.4) is 0 Å². The number of piperidine rings is 1. The second-order valence-corrected chi connectivity index (χ2v) is 7.67. The van der Waals surface area contributed by atoms with Gasteiger partial charge >= 0.3 is 5.97 Å². The maximum atomic E-state index is 13.4. The Hall–Kier alpha value is -2.77. The van der Waals surface area contributed by atoms with E-state index in [0.29, 0.717) is 38.2 Å². The summed E-state index contributed by atoms with van der Waals surface area (Å²) in [7, 11) is 0. The van der Waals surface area contributed by atoms with Crippen molar-refractivity contribution in [1.82, 2.24) is 15.2 Å². The van der Waals surface area contributed by atoms with Crippen LogP contribution in [-0.2, 0) is 4.79 Å². The van der Waals surface area contributed by atoms with Gasteiger partial charge in [-0.15, -0.1) is 0 Å². The first-order valence-corrected chi connectivity index (χ1v) is 10.1. The zero-order valence-electron chi connectivity index (χ0n) is 16.3. The van der Waals surface area contributed by atoms with Crippen LogP contribution in [0.1, 0.15) is 16.8 Å². The number of rotatable bonds is 5. The summed E-state index contributed by atoms with van der Waals surface area (Å²) in [6.07, 6.45) is 3.85. The van der Waals surface area contributed by atoms with Crippen LogP contribution in [0.25, 0.3) is 0 Å². The van der Waals surface area contributed by atoms with E-state index in [9.17, 15) is 14.7 Å². The summed E-state index contributed by atoms with van der Waals surface area (Å²) in [5.74, 6) is -1.30. The van der Waals surface area contributed by atoms with Crippen molar-refractivity contribution in [3.8, 4) is 0 Å². The van der Waals surface area contributed by atoms with Gasteiger partial charge in [-0.3, -0.25) is 19.5 Å². The van der Waals surface area contributed by atoms with Crippen molar-refractivity contribution in [1.29, 1.82) is 0 Å². The minimum atomic E-state index is -1.43. The van der Waals surface area contributed by atoms with Crippen molar-refractivity contribution < 1.29 is 14.7 Å². The fourth-order valence-corrected chi connectivity index (χ4v) is 4.61. The number of anilines is 1. The van der Waals surface area contributed by atoms with E-state index < -0.39 is 11.4 Å². The van der Waals surface area contributed by atoms with E-state index in [1.54, 1.807) is 36.7 Å². The number of carboxylic acids is 1. The second kappa shape index (κ2) is 8.31. The molecular weight excluding hydrogens is 368 g/mol. The number of nitrogens with one attached hydrogen (secondary N) is 1. The van der Waals surface area contributed by atoms with Gasteiger partial charge in [0.25, 0.3) is 0 Å². The van der Waals surface area contributed by atoms with Crippen LogP contribution < -0.4 is 10.2 Å². The van der Waals surface area contributed by atoms with E-state index >= 15 is 0 Å². The Kier molecular flexibility index (Phi) is 5.60. The lowest BCUT2D eigenvalue weighted by molar-refractivity contribution is -0.151. The summed E-state index contributed by atoms with van der Waals surface area (Å²) in [6.45, 7) is 4.03. The first-order chi connectivity index (χ1) is 14.1. The van der Waals surface area contributed by atoms with Crippen molar-refractivity contribution in [2.45, 2.75) is 12.5 Å². The molecular formula is C22H26N4O3. The Morgan fingerprint density at radius 3 is 2.38 bits per heavy atom. The summed E-state index contributed by atoms with van der Waals surface area (Å²) in [4.78, 5) is 34.5. The molecule has 2 fully saturated rings. The highest BCUT2D eigenvalue weighted by Gasteiger charge is 2.55. The highest BCUT2D eigenvalue weighted by molar-refractivity contribution is 6.13. The van der Waals surface area contributed by atoms with Crippen LogP contribution in [0.15, 0.2) is 54.9 Å². The van der Waals surface area contributed by atoms with Gasteiger partial charge in [-0.1, -0.05) is 30.3 Å². The molecule has 2 aromatic rings. The van der Waals surface area contributed by atoms with Crippen LogP contribution in [0.5, 0.6) is 0 Å². The van der Waals surface area contributed by atoms with E-state index in [1.807, 2.05) is 18.2 Å². The number of aliphatic carboxylic acids is 1. The summed E-state index contributed by atoms with van der Waals surface area (Å²) in [6, 6.07) is 12.4. The zero-order valence-corrected chi connectivity index (χ0v) is 16.3. The molecule has 4 rings (SSSR count). The van der Waals surface area contributed by atoms with Crippen LogP contribution in [-0.4, -0.2) is 72.1 Å². The molecule has 2 atom stereocenters. The van der Waals surface area contributed by atoms with E-state index in [0.717, 1.165) is 18.8 Å². The summed E-state index contributed by atoms with van der Waals surface area (Å²) >= 11 is 0. The lowest BCUT2D eigenvalue weighted by atomic mass is 9.69. The maximum Gasteiger partial charge on any atom is 0.319 e. The van der Waals surface area contributed by atoms with Crippen molar-refractivity contribution in [3.05, 3.63) is 60.4 Å². The molecule has 0 amide bonds. The number of carbonyl (C=O) groups excluding carboxylic acids is 1. The van der Waals surface area contributed by atoms with Crippen molar-refractivity contribution in [2.75, 3.05) is 44.2 Å². The van der Waals surface area contributed by atoms with Crippen molar-refractivity contribution in [2.24, 2.45) is 5.41 Å². The lowest BCUT2D eigenvalue weighted by Crippen LogP contribution is -2.66. The topological polar surface area (TPSA) is 85.8 Å². The maximum absolute atomic E-state index is 13.4. The van der Waals surface area contributed by atoms with Crippen LogP contribution in [0, 0.1) is 5.41 Å². The molecule has 29 heavy (non-hydrogen) atoms. The van der Waals surface area contributed by atoms with Gasteiger partial charge in [0.15, 0.2) is 5.78 Å². The minimum absolute atomic E-state index is 0.284. The molecule has 1 aromatic heterocycles. The first-order valence-electron chi connectivity index (χ1n) is 10.1. The molecule has 1 aromatic carbocycles. The van der Waals surface area contributed by atoms with Gasteiger partial charge in [-0.2, -0.15) is 0 Å². The Morgan fingerprint density at radius 2 is 1.72 bits per heavy atom. The van der Waals surface area contributed by atoms with Gasteiger partial charge in [-0.05, 0) is 25.1 Å². The Morgan fingerprint density at radius 1 is 1.03 bits per heavy atom. The Balaban J connectivity index is 1.58. The third-order valence-corrected chi connectivity index (χ3v) is 6.21. The Bertz CT molecular complexity index is 853. The number of aromatic nitrogens is 1. The number of hydrogen-bond donors (Lipinski definition) is 2. The fourth-order valence-electron chi connectivity index (χ4n) is 4.61. The third kappa shape index (κ3) is 3.63. The Labute approximate surface area is 170 Å². The average molecular weight is 394 g/mol. The molecule has 7 heteroatoms. The van der Waals surface area contributed by atoms with E-state index in [1.165, 1.54) is 0 Å². The van der Waals surface area contributed by atoms with E-state index in [-0.39, 0.29) is 11.8 Å². The minimum Gasteiger partial charge on any atom is -0.480 e. The van der Waals surface area contributed by atoms with Crippen LogP contribution in [0.2, 0.25) is 0 Å². The number of piperazine rings is 1. The number of carboxylic acid groups (broad SMARTS) is 1. The average Bonchev–Trinajstić information content (AvgIpc) is 2.79. The highest BCUT2D eigenvalue weighted by atomic mass is 16.4. The van der Waals surface area contributed by atoms with Gasteiger partial charge in [-0.25, -0.2) is 0 Å². The van der Waals surface area contributed by atoms with Gasteiger partial charge in [0.2, 0.25) is 0 Å². The predicted octanol–water partition coefficient (Wildman–Crippen LogP) is 1.52. The molecule has 0 aliphatic carbocycles. The summed E-state index contributed by atoms with van der Waals surface area (Å²) in [5.41, 5.74) is 0.161. The van der Waals surface area contributed by atoms with Crippen LogP contribution in [0.4, 0.5) is 5.69 Å². The molecule has 3 heterocycles. The third-order valence-electron chi connectivity index (χ3n) is 6.21. The SMILES string of the molecule is O=C(O)C1(C(=O)c2ccccc2)CCNCC1N1CCN(c2ccncc2)CC1. The molecule has 0 radical (unpaired) electrons. The lowest BCUT2D eigenvalue weighted by Gasteiger charge is -2.48. The second-order valence-electron chi connectivity index (χ2n) is 7.67. The predicted molar refractivity (Wildman–Crippen MR) is 110 cm³/mol. The standard InChI is InChI=1S/C22H26N4O3/c27-20(17-4-2-1-3-5-17)22(21(28)29)8-11-24-16-19(22)26-14-12-25(13-15-26)18-6-9-23-10-7-18/h1-7,9-10,19,24H,8,11-16H2,(H,28,29). The molecule has 2 saturated heterocycles. The monoisotopic (exact) mass is 394 g/mol. The van der Waals surface area contributed by atoms with Gasteiger partial charge < -0.3 is 15.3 Å². The molecule has 0 spiro atoms. The van der Waals surface area contributed by atoms with Crippen molar-refractivity contribution in [3.63, 3.8) is 0 Å². The molecule has 2 aliphatic heterocycles. The first kappa shape index (κ1) is 19.5. The smallest absolute Gasteiger partial charge is 0.319 e. The molecule has 152 valence electrons. The molecule has 0 saturated carbocycles. The van der Waals surface area contributed by atoms with Gasteiger partial charge in [0, 0.05) is 62.4 Å². The summed E-state index contributed by atoms with van der Waals surface area (Å²) in [5, 5.41) is 13.6. The molecule has 7 nitrogen and oxygen atoms in total. The number of hydrogen-bond acceptors (Lipinski definition) is 6. The van der Waals surface area contributed by atoms with E-state index in [2.05, 4.69) is 20.1 Å². The number of nitrogens with zero attached hydrogens (tertiary/aromatic N) is 3. The van der Waals surface area contributed by atoms with Crippen molar-refractivity contribution >= 4 is 17.4 Å². The molecule has 2 unspecified atom stereocenters. The molecule has 2 aliphatic rings. The van der Waals surface area contributed by atoms with Gasteiger partial charge in [0.05, 0.1) is 0 Å². The van der Waals surface area contributed by atoms with Gasteiger partial charge in [0.1, 0.15) is 5.41 Å². The molecule has 0 bridgehead atoms. The summed E-state index contributed by atoms with van der Waals surface area (Å²) < 4.78 is 0. The zero-order chi connectivity index (χ0) is 20.3. The largest absolute Gasteiger partial charge is 0.480 e. The quantitative estimate of drug-likeness (QED) is 0.587. The normalized spacial score (nSPS) is 25.5. The molecule has 2 N–H and O–H groups in total. The number of carbonyl (C=O) groups is 2. The van der Waals surface area contributed by atoms with E-state index in [4.69, 9.17) is 0 Å². The fraction of sp³-hybridized carbons (Fsp3) is 0.409. The van der Waals surface area contributed by atoms with Crippen LogP contribution >= 0.6 is 0 Å². The number of pyridine rings is 1. The number of ketones is 1. The number of benzene rings is 1. The number of Topliss-reactive ketones (excluding diaryl/α,β-unsaturated/α-hetero) is 1.